The van der Waals surface area contributed by atoms with Crippen LogP contribution in [-0.4, -0.2) is 9.97 Å². The highest BCUT2D eigenvalue weighted by Gasteiger charge is 2.02. The van der Waals surface area contributed by atoms with Gasteiger partial charge in [-0.05, 0) is 29.6 Å². The maximum absolute atomic E-state index is 5.72. The number of H-pyrrole nitrogens is 1. The molecule has 0 radical (unpaired) electrons. The third kappa shape index (κ3) is 2.09. The van der Waals surface area contributed by atoms with E-state index >= 15 is 0 Å². The molecular formula is C12H12N4S. The van der Waals surface area contributed by atoms with Crippen LogP contribution in [0.2, 0.25) is 0 Å². The van der Waals surface area contributed by atoms with Crippen LogP contribution < -0.4 is 11.1 Å². The lowest BCUT2D eigenvalue weighted by Crippen LogP contribution is -1.98. The van der Waals surface area contributed by atoms with Gasteiger partial charge >= 0.3 is 0 Å². The summed E-state index contributed by atoms with van der Waals surface area (Å²) in [5, 5.41) is 5.32. The summed E-state index contributed by atoms with van der Waals surface area (Å²) in [6.45, 7) is 0.785. The minimum Gasteiger partial charge on any atom is -0.399 e. The van der Waals surface area contributed by atoms with Crippen molar-refractivity contribution in [2.24, 2.45) is 0 Å². The molecule has 0 saturated carbocycles. The summed E-state index contributed by atoms with van der Waals surface area (Å²) in [5.41, 5.74) is 8.34. The molecule has 0 aliphatic heterocycles. The second-order valence-electron chi connectivity index (χ2n) is 3.79. The van der Waals surface area contributed by atoms with Crippen molar-refractivity contribution in [1.82, 2.24) is 9.97 Å². The standard InChI is InChI=1S/C12H12N4S/c13-8-3-4-10-11(6-8)16-12(15-10)14-7-9-2-1-5-17-9/h1-6H,7,13H2,(H2,14,15,16). The Morgan fingerprint density at radius 1 is 1.35 bits per heavy atom. The molecule has 0 fully saturated rings. The van der Waals surface area contributed by atoms with E-state index < -0.39 is 0 Å². The van der Waals surface area contributed by atoms with Crippen LogP contribution >= 0.6 is 11.3 Å². The number of nitrogens with zero attached hydrogens (tertiary/aromatic N) is 1. The van der Waals surface area contributed by atoms with E-state index in [1.165, 1.54) is 4.88 Å². The fourth-order valence-electron chi connectivity index (χ4n) is 1.69. The van der Waals surface area contributed by atoms with Gasteiger partial charge in [-0.25, -0.2) is 4.98 Å². The monoisotopic (exact) mass is 244 g/mol. The van der Waals surface area contributed by atoms with Gasteiger partial charge in [-0.2, -0.15) is 0 Å². The molecule has 0 saturated heterocycles. The van der Waals surface area contributed by atoms with E-state index in [1.807, 2.05) is 24.3 Å². The molecule has 0 amide bonds. The third-order valence-corrected chi connectivity index (χ3v) is 3.39. The zero-order valence-electron chi connectivity index (χ0n) is 9.10. The highest BCUT2D eigenvalue weighted by atomic mass is 32.1. The number of aromatic amines is 1. The van der Waals surface area contributed by atoms with Crippen molar-refractivity contribution in [1.29, 1.82) is 0 Å². The van der Waals surface area contributed by atoms with Crippen LogP contribution in [0.25, 0.3) is 11.0 Å². The van der Waals surface area contributed by atoms with E-state index in [9.17, 15) is 0 Å². The van der Waals surface area contributed by atoms with E-state index in [0.29, 0.717) is 0 Å². The molecule has 17 heavy (non-hydrogen) atoms. The van der Waals surface area contributed by atoms with Crippen molar-refractivity contribution in [2.75, 3.05) is 11.1 Å². The van der Waals surface area contributed by atoms with Crippen molar-refractivity contribution in [2.45, 2.75) is 6.54 Å². The summed E-state index contributed by atoms with van der Waals surface area (Å²) < 4.78 is 0. The Hall–Kier alpha value is -2.01. The Morgan fingerprint density at radius 3 is 3.12 bits per heavy atom. The predicted molar refractivity (Wildman–Crippen MR) is 72.2 cm³/mol. The normalized spacial score (nSPS) is 10.8. The number of anilines is 2. The highest BCUT2D eigenvalue weighted by molar-refractivity contribution is 7.09. The van der Waals surface area contributed by atoms with Crippen LogP contribution in [0.5, 0.6) is 0 Å². The number of hydrogen-bond donors (Lipinski definition) is 3. The van der Waals surface area contributed by atoms with E-state index in [0.717, 1.165) is 29.2 Å². The topological polar surface area (TPSA) is 66.7 Å². The second kappa shape index (κ2) is 4.10. The van der Waals surface area contributed by atoms with Crippen LogP contribution in [0.3, 0.4) is 0 Å². The van der Waals surface area contributed by atoms with Crippen LogP contribution in [0, 0.1) is 0 Å². The number of thiophene rings is 1. The fraction of sp³-hybridized carbons (Fsp3) is 0.0833. The minimum absolute atomic E-state index is 0.742. The number of nitrogens with two attached hydrogens (primary N) is 1. The van der Waals surface area contributed by atoms with Crippen molar-refractivity contribution >= 4 is 34.0 Å². The number of fused-ring (bicyclic) bond motifs is 1. The average molecular weight is 244 g/mol. The molecule has 4 N–H and O–H groups in total. The largest absolute Gasteiger partial charge is 0.399 e. The number of aromatic nitrogens is 2. The summed E-state index contributed by atoms with van der Waals surface area (Å²) in [4.78, 5) is 8.92. The fourth-order valence-corrected chi connectivity index (χ4v) is 2.34. The van der Waals surface area contributed by atoms with Gasteiger partial charge in [-0.1, -0.05) is 6.07 Å². The Morgan fingerprint density at radius 2 is 2.29 bits per heavy atom. The first-order valence-electron chi connectivity index (χ1n) is 5.33. The predicted octanol–water partition coefficient (Wildman–Crippen LogP) is 2.82. The van der Waals surface area contributed by atoms with Gasteiger partial charge in [-0.15, -0.1) is 11.3 Å². The summed E-state index contributed by atoms with van der Waals surface area (Å²) in [7, 11) is 0. The number of rotatable bonds is 3. The lowest BCUT2D eigenvalue weighted by Gasteiger charge is -1.98. The molecule has 1 aromatic carbocycles. The van der Waals surface area contributed by atoms with Crippen LogP contribution in [-0.2, 0) is 6.54 Å². The molecule has 0 atom stereocenters. The van der Waals surface area contributed by atoms with Crippen LogP contribution in [0.4, 0.5) is 11.6 Å². The van der Waals surface area contributed by atoms with E-state index in [4.69, 9.17) is 5.73 Å². The molecule has 3 rings (SSSR count). The van der Waals surface area contributed by atoms with E-state index in [1.54, 1.807) is 11.3 Å². The first-order valence-corrected chi connectivity index (χ1v) is 6.21. The van der Waals surface area contributed by atoms with Gasteiger partial charge in [0.25, 0.3) is 0 Å². The SMILES string of the molecule is Nc1ccc2nc(NCc3cccs3)[nH]c2c1. The molecule has 2 heterocycles. The maximum atomic E-state index is 5.72. The van der Waals surface area contributed by atoms with Crippen LogP contribution in [0.15, 0.2) is 35.7 Å². The number of nitrogens with one attached hydrogen (secondary N) is 2. The van der Waals surface area contributed by atoms with Crippen LogP contribution in [0.1, 0.15) is 4.88 Å². The first-order chi connectivity index (χ1) is 8.31. The zero-order chi connectivity index (χ0) is 11.7. The first kappa shape index (κ1) is 10.2. The molecule has 0 unspecified atom stereocenters. The average Bonchev–Trinajstić information content (AvgIpc) is 2.94. The van der Waals surface area contributed by atoms with Gasteiger partial charge in [0.05, 0.1) is 17.6 Å². The van der Waals surface area contributed by atoms with Crippen molar-refractivity contribution in [3.05, 3.63) is 40.6 Å². The Bertz CT molecular complexity index is 627. The van der Waals surface area contributed by atoms with Crippen molar-refractivity contribution in [3.63, 3.8) is 0 Å². The molecule has 3 aromatic rings. The van der Waals surface area contributed by atoms with Crippen molar-refractivity contribution < 1.29 is 0 Å². The van der Waals surface area contributed by atoms with Gasteiger partial charge in [0.2, 0.25) is 5.95 Å². The lowest BCUT2D eigenvalue weighted by atomic mass is 10.3. The number of hydrogen-bond acceptors (Lipinski definition) is 4. The summed E-state index contributed by atoms with van der Waals surface area (Å²) in [6, 6.07) is 9.79. The molecule has 0 aliphatic carbocycles. The molecule has 0 bridgehead atoms. The molecule has 86 valence electrons. The number of benzene rings is 1. The molecule has 0 aliphatic rings. The number of imidazole rings is 1. The maximum Gasteiger partial charge on any atom is 0.201 e. The zero-order valence-corrected chi connectivity index (χ0v) is 9.92. The van der Waals surface area contributed by atoms with Crippen molar-refractivity contribution in [3.8, 4) is 0 Å². The second-order valence-corrected chi connectivity index (χ2v) is 4.83. The summed E-state index contributed by atoms with van der Waals surface area (Å²) >= 11 is 1.73. The smallest absolute Gasteiger partial charge is 0.201 e. The quantitative estimate of drug-likeness (QED) is 0.621. The van der Waals surface area contributed by atoms with E-state index in [2.05, 4.69) is 26.7 Å². The van der Waals surface area contributed by atoms with Gasteiger partial charge in [0, 0.05) is 10.6 Å². The van der Waals surface area contributed by atoms with Gasteiger partial charge in [0.1, 0.15) is 0 Å². The molecular weight excluding hydrogens is 232 g/mol. The van der Waals surface area contributed by atoms with Gasteiger partial charge in [-0.3, -0.25) is 0 Å². The number of nitrogen functional groups attached to an aromatic ring is 1. The summed E-state index contributed by atoms with van der Waals surface area (Å²) in [5.74, 6) is 0.777. The molecule has 5 heteroatoms. The molecule has 0 spiro atoms. The Kier molecular flexibility index (Phi) is 2.45. The Labute approximate surface area is 102 Å². The van der Waals surface area contributed by atoms with Gasteiger partial charge in [0.15, 0.2) is 0 Å². The highest BCUT2D eigenvalue weighted by Crippen LogP contribution is 2.18. The minimum atomic E-state index is 0.742. The van der Waals surface area contributed by atoms with Gasteiger partial charge < -0.3 is 16.0 Å². The Balaban J connectivity index is 1.81. The molecule has 4 nitrogen and oxygen atoms in total. The lowest BCUT2D eigenvalue weighted by molar-refractivity contribution is 1.13. The third-order valence-electron chi connectivity index (χ3n) is 2.52. The molecule has 2 aromatic heterocycles. The summed E-state index contributed by atoms with van der Waals surface area (Å²) in [6.07, 6.45) is 0. The van der Waals surface area contributed by atoms with E-state index in [-0.39, 0.29) is 0 Å².